The maximum atomic E-state index is 12.9. The molecule has 1 amide bonds. The second-order valence-electron chi connectivity index (χ2n) is 4.24. The van der Waals surface area contributed by atoms with Gasteiger partial charge in [0.15, 0.2) is 5.13 Å². The van der Waals surface area contributed by atoms with Crippen molar-refractivity contribution < 1.29 is 27.9 Å². The summed E-state index contributed by atoms with van der Waals surface area (Å²) in [7, 11) is 0. The van der Waals surface area contributed by atoms with Crippen LogP contribution in [0.15, 0.2) is 24.3 Å². The number of thiazole rings is 1. The van der Waals surface area contributed by atoms with Crippen LogP contribution in [0.4, 0.5) is 18.3 Å². The van der Waals surface area contributed by atoms with Crippen LogP contribution in [-0.4, -0.2) is 22.0 Å². The molecule has 0 unspecified atom stereocenters. The highest BCUT2D eigenvalue weighted by Gasteiger charge is 2.35. The Labute approximate surface area is 126 Å². The normalized spacial score (nSPS) is 11.3. The Morgan fingerprint density at radius 2 is 1.91 bits per heavy atom. The summed E-state index contributed by atoms with van der Waals surface area (Å²) in [6.07, 6.45) is -4.67. The van der Waals surface area contributed by atoms with E-state index < -0.39 is 29.2 Å². The third kappa shape index (κ3) is 3.25. The van der Waals surface area contributed by atoms with Crippen LogP contribution in [0.5, 0.6) is 0 Å². The molecule has 9 heteroatoms. The Kier molecular flexibility index (Phi) is 4.18. The third-order valence-electron chi connectivity index (χ3n) is 2.69. The van der Waals surface area contributed by atoms with Crippen molar-refractivity contribution in [3.05, 3.63) is 46.0 Å². The van der Waals surface area contributed by atoms with Crippen molar-refractivity contribution in [2.24, 2.45) is 0 Å². The first kappa shape index (κ1) is 16.0. The van der Waals surface area contributed by atoms with Crippen LogP contribution in [0.3, 0.4) is 0 Å². The Morgan fingerprint density at radius 1 is 1.27 bits per heavy atom. The number of hydrogen-bond acceptors (Lipinski definition) is 4. The van der Waals surface area contributed by atoms with Crippen molar-refractivity contribution in [2.45, 2.75) is 13.1 Å². The Balaban J connectivity index is 2.31. The van der Waals surface area contributed by atoms with Gasteiger partial charge in [0.1, 0.15) is 4.88 Å². The number of halogens is 3. The number of aromatic nitrogens is 1. The first-order valence-electron chi connectivity index (χ1n) is 5.88. The van der Waals surface area contributed by atoms with Gasteiger partial charge in [-0.15, -0.1) is 0 Å². The Hall–Kier alpha value is -2.42. The summed E-state index contributed by atoms with van der Waals surface area (Å²) in [6.45, 7) is 1.43. The van der Waals surface area contributed by atoms with Gasteiger partial charge in [0.2, 0.25) is 0 Å². The minimum absolute atomic E-state index is 0.0723. The molecule has 0 aliphatic carbocycles. The molecule has 2 rings (SSSR count). The fraction of sp³-hybridized carbons (Fsp3) is 0.154. The fourth-order valence-electron chi connectivity index (χ4n) is 1.74. The predicted octanol–water partition coefficient (Wildman–Crippen LogP) is 3.42. The highest BCUT2D eigenvalue weighted by atomic mass is 32.1. The van der Waals surface area contributed by atoms with Crippen LogP contribution in [-0.2, 0) is 6.18 Å². The van der Waals surface area contributed by atoms with Gasteiger partial charge in [0.25, 0.3) is 5.91 Å². The van der Waals surface area contributed by atoms with Gasteiger partial charge in [-0.1, -0.05) is 23.5 Å². The first-order chi connectivity index (χ1) is 10.2. The number of carbonyl (C=O) groups is 2. The second-order valence-corrected chi connectivity index (χ2v) is 5.24. The number of aryl methyl sites for hydroxylation is 1. The van der Waals surface area contributed by atoms with Crippen molar-refractivity contribution >= 4 is 28.3 Å². The van der Waals surface area contributed by atoms with E-state index in [0.29, 0.717) is 11.3 Å². The summed E-state index contributed by atoms with van der Waals surface area (Å²) in [6, 6.07) is 4.32. The van der Waals surface area contributed by atoms with E-state index in [1.165, 1.54) is 19.1 Å². The molecular weight excluding hydrogens is 321 g/mol. The number of nitrogens with one attached hydrogen (secondary N) is 1. The lowest BCUT2D eigenvalue weighted by Crippen LogP contribution is -2.18. The lowest BCUT2D eigenvalue weighted by atomic mass is 10.1. The highest BCUT2D eigenvalue weighted by molar-refractivity contribution is 7.17. The molecular formula is C13H9F3N2O3S. The average molecular weight is 330 g/mol. The van der Waals surface area contributed by atoms with E-state index in [2.05, 4.69) is 10.3 Å². The monoisotopic (exact) mass is 330 g/mol. The summed E-state index contributed by atoms with van der Waals surface area (Å²) in [5.74, 6) is -2.22. The molecule has 22 heavy (non-hydrogen) atoms. The lowest BCUT2D eigenvalue weighted by molar-refractivity contribution is -0.137. The first-order valence-corrected chi connectivity index (χ1v) is 6.70. The molecule has 0 aliphatic rings. The topological polar surface area (TPSA) is 79.3 Å². The van der Waals surface area contributed by atoms with Crippen molar-refractivity contribution in [1.29, 1.82) is 0 Å². The number of amides is 1. The summed E-state index contributed by atoms with van der Waals surface area (Å²) < 4.78 is 38.6. The minimum atomic E-state index is -4.67. The Morgan fingerprint density at radius 3 is 2.45 bits per heavy atom. The molecule has 2 N–H and O–H groups in total. The third-order valence-corrected chi connectivity index (χ3v) is 3.75. The smallest absolute Gasteiger partial charge is 0.417 e. The van der Waals surface area contributed by atoms with Gasteiger partial charge < -0.3 is 5.11 Å². The molecule has 0 bridgehead atoms. The SMILES string of the molecule is Cc1nc(NC(=O)c2ccccc2C(F)(F)F)sc1C(=O)O. The van der Waals surface area contributed by atoms with Gasteiger partial charge in [-0.05, 0) is 19.1 Å². The second kappa shape index (κ2) is 5.76. The number of hydrogen-bond donors (Lipinski definition) is 2. The van der Waals surface area contributed by atoms with Gasteiger partial charge in [0.05, 0.1) is 16.8 Å². The standard InChI is InChI=1S/C13H9F3N2O3S/c1-6-9(11(20)21)22-12(17-6)18-10(19)7-4-2-3-5-8(7)13(14,15)16/h2-5H,1H3,(H,20,21)(H,17,18,19). The van der Waals surface area contributed by atoms with E-state index in [1.54, 1.807) is 0 Å². The summed E-state index contributed by atoms with van der Waals surface area (Å²) in [5.41, 5.74) is -1.45. The number of benzene rings is 1. The summed E-state index contributed by atoms with van der Waals surface area (Å²) in [5, 5.41) is 11.0. The largest absolute Gasteiger partial charge is 0.477 e. The predicted molar refractivity (Wildman–Crippen MR) is 73.2 cm³/mol. The van der Waals surface area contributed by atoms with Gasteiger partial charge in [0, 0.05) is 0 Å². The zero-order chi connectivity index (χ0) is 16.5. The summed E-state index contributed by atoms with van der Waals surface area (Å²) >= 11 is 0.680. The van der Waals surface area contributed by atoms with Crippen molar-refractivity contribution in [3.8, 4) is 0 Å². The maximum absolute atomic E-state index is 12.9. The quantitative estimate of drug-likeness (QED) is 0.904. The van der Waals surface area contributed by atoms with Gasteiger partial charge in [-0.2, -0.15) is 13.2 Å². The molecule has 2 aromatic rings. The zero-order valence-electron chi connectivity index (χ0n) is 11.1. The molecule has 0 atom stereocenters. The number of carboxylic acid groups (broad SMARTS) is 1. The summed E-state index contributed by atoms with van der Waals surface area (Å²) in [4.78, 5) is 26.6. The fourth-order valence-corrected chi connectivity index (χ4v) is 2.54. The number of carbonyl (C=O) groups excluding carboxylic acids is 1. The lowest BCUT2D eigenvalue weighted by Gasteiger charge is -2.11. The molecule has 0 radical (unpaired) electrons. The molecule has 0 aliphatic heterocycles. The average Bonchev–Trinajstić information content (AvgIpc) is 2.78. The number of rotatable bonds is 3. The van der Waals surface area contributed by atoms with Gasteiger partial charge in [-0.25, -0.2) is 9.78 Å². The molecule has 0 saturated carbocycles. The number of aromatic carboxylic acids is 1. The molecule has 116 valence electrons. The van der Waals surface area contributed by atoms with E-state index in [9.17, 15) is 22.8 Å². The van der Waals surface area contributed by atoms with Gasteiger partial charge in [-0.3, -0.25) is 10.1 Å². The van der Waals surface area contributed by atoms with Crippen LogP contribution < -0.4 is 5.32 Å². The molecule has 5 nitrogen and oxygen atoms in total. The zero-order valence-corrected chi connectivity index (χ0v) is 11.9. The number of alkyl halides is 3. The van der Waals surface area contributed by atoms with Crippen LogP contribution >= 0.6 is 11.3 Å². The van der Waals surface area contributed by atoms with E-state index >= 15 is 0 Å². The maximum Gasteiger partial charge on any atom is 0.417 e. The molecule has 0 fully saturated rings. The molecule has 1 heterocycles. The number of carboxylic acids is 1. The molecule has 1 aromatic carbocycles. The van der Waals surface area contributed by atoms with Crippen molar-refractivity contribution in [3.63, 3.8) is 0 Å². The van der Waals surface area contributed by atoms with Crippen molar-refractivity contribution in [1.82, 2.24) is 4.98 Å². The van der Waals surface area contributed by atoms with Crippen LogP contribution in [0.2, 0.25) is 0 Å². The van der Waals surface area contributed by atoms with Crippen molar-refractivity contribution in [2.75, 3.05) is 5.32 Å². The van der Waals surface area contributed by atoms with Crippen LogP contribution in [0, 0.1) is 6.92 Å². The highest BCUT2D eigenvalue weighted by Crippen LogP contribution is 2.32. The van der Waals surface area contributed by atoms with E-state index in [-0.39, 0.29) is 15.7 Å². The van der Waals surface area contributed by atoms with Crippen LogP contribution in [0.1, 0.15) is 31.3 Å². The van der Waals surface area contributed by atoms with E-state index in [0.717, 1.165) is 12.1 Å². The number of anilines is 1. The van der Waals surface area contributed by atoms with E-state index in [4.69, 9.17) is 5.11 Å². The number of nitrogens with zero attached hydrogens (tertiary/aromatic N) is 1. The van der Waals surface area contributed by atoms with E-state index in [1.807, 2.05) is 0 Å². The molecule has 1 aromatic heterocycles. The molecule has 0 saturated heterocycles. The Bertz CT molecular complexity index is 740. The molecule has 0 spiro atoms. The van der Waals surface area contributed by atoms with Crippen LogP contribution in [0.25, 0.3) is 0 Å². The minimum Gasteiger partial charge on any atom is -0.477 e. The van der Waals surface area contributed by atoms with Gasteiger partial charge >= 0.3 is 12.1 Å².